The third-order valence-electron chi connectivity index (χ3n) is 6.36. The molecule has 0 aliphatic carbocycles. The first-order valence-corrected chi connectivity index (χ1v) is 11.5. The van der Waals surface area contributed by atoms with Crippen molar-refractivity contribution in [2.75, 3.05) is 7.11 Å². The minimum absolute atomic E-state index is 0.0310. The van der Waals surface area contributed by atoms with Gasteiger partial charge in [-0.1, -0.05) is 30.3 Å². The number of pyridine rings is 2. The molecule has 0 radical (unpaired) electrons. The Kier molecular flexibility index (Phi) is 5.91. The van der Waals surface area contributed by atoms with E-state index in [0.29, 0.717) is 5.56 Å². The Morgan fingerprint density at radius 1 is 1.09 bits per heavy atom. The van der Waals surface area contributed by atoms with Crippen molar-refractivity contribution in [2.45, 2.75) is 33.2 Å². The van der Waals surface area contributed by atoms with Crippen LogP contribution in [0.1, 0.15) is 46.9 Å². The van der Waals surface area contributed by atoms with Crippen LogP contribution in [0.2, 0.25) is 0 Å². The predicted octanol–water partition coefficient (Wildman–Crippen LogP) is 6.16. The number of nitrogens with zero attached hydrogens (tertiary/aromatic N) is 4. The Morgan fingerprint density at radius 3 is 2.51 bits per heavy atom. The number of methoxy groups -OCH3 is 1. The highest BCUT2D eigenvalue weighted by atomic mass is 16.5. The van der Waals surface area contributed by atoms with E-state index in [1.807, 2.05) is 50.5 Å². The number of ether oxygens (including phenoxy) is 1. The number of aryl methyl sites for hydroxylation is 2. The summed E-state index contributed by atoms with van der Waals surface area (Å²) in [4.78, 5) is 21.4. The maximum absolute atomic E-state index is 11.9. The molecule has 0 fully saturated rings. The number of aromatic nitrogens is 4. The normalized spacial score (nSPS) is 12.1. The molecule has 0 aliphatic heterocycles. The van der Waals surface area contributed by atoms with Crippen molar-refractivity contribution in [3.8, 4) is 22.3 Å². The maximum Gasteiger partial charge on any atom is 0.337 e. The van der Waals surface area contributed by atoms with Gasteiger partial charge >= 0.3 is 5.97 Å². The molecule has 4 aromatic heterocycles. The molecule has 0 bridgehead atoms. The monoisotopic (exact) mass is 466 g/mol. The zero-order valence-corrected chi connectivity index (χ0v) is 20.1. The Morgan fingerprint density at radius 2 is 1.89 bits per heavy atom. The standard InChI is InChI=1S/C28H26N4O3/c1-5-24(23-8-6-7-13-29-23)32-16-22(19-9-11-20(12-10-19)28(33)34-4)27-25(32)14-21(15-30-27)26-17(2)31-35-18(26)3/h6-16,24H,5H2,1-4H3/t24-/m1/s1. The third-order valence-corrected chi connectivity index (χ3v) is 6.36. The van der Waals surface area contributed by atoms with E-state index in [-0.39, 0.29) is 12.0 Å². The van der Waals surface area contributed by atoms with E-state index in [2.05, 4.69) is 40.0 Å². The van der Waals surface area contributed by atoms with Gasteiger partial charge < -0.3 is 13.8 Å². The summed E-state index contributed by atoms with van der Waals surface area (Å²) in [5.74, 6) is 0.402. The fraction of sp³-hybridized carbons (Fsp3) is 0.214. The number of carbonyl (C=O) groups is 1. The van der Waals surface area contributed by atoms with Crippen molar-refractivity contribution in [3.63, 3.8) is 0 Å². The Hall–Kier alpha value is -4.26. The first kappa shape index (κ1) is 22.5. The zero-order chi connectivity index (χ0) is 24.5. The van der Waals surface area contributed by atoms with E-state index in [9.17, 15) is 4.79 Å². The smallest absolute Gasteiger partial charge is 0.337 e. The highest BCUT2D eigenvalue weighted by molar-refractivity contribution is 5.96. The van der Waals surface area contributed by atoms with Gasteiger partial charge in [-0.25, -0.2) is 4.79 Å². The summed E-state index contributed by atoms with van der Waals surface area (Å²) in [5, 5.41) is 4.12. The molecule has 4 heterocycles. The molecule has 5 rings (SSSR count). The first-order chi connectivity index (χ1) is 17.0. The van der Waals surface area contributed by atoms with Crippen LogP contribution in [0, 0.1) is 13.8 Å². The second kappa shape index (κ2) is 9.18. The summed E-state index contributed by atoms with van der Waals surface area (Å²) in [6, 6.07) is 15.6. The van der Waals surface area contributed by atoms with E-state index in [0.717, 1.165) is 56.9 Å². The number of carbonyl (C=O) groups excluding carboxylic acids is 1. The zero-order valence-electron chi connectivity index (χ0n) is 20.1. The molecular formula is C28H26N4O3. The van der Waals surface area contributed by atoms with Gasteiger partial charge in [0.25, 0.3) is 0 Å². The van der Waals surface area contributed by atoms with Crippen LogP contribution >= 0.6 is 0 Å². The highest BCUT2D eigenvalue weighted by Crippen LogP contribution is 2.37. The van der Waals surface area contributed by atoms with Crippen molar-refractivity contribution >= 4 is 17.0 Å². The predicted molar refractivity (Wildman–Crippen MR) is 134 cm³/mol. The summed E-state index contributed by atoms with van der Waals surface area (Å²) in [5.41, 5.74) is 8.06. The highest BCUT2D eigenvalue weighted by Gasteiger charge is 2.21. The molecule has 35 heavy (non-hydrogen) atoms. The van der Waals surface area contributed by atoms with Crippen molar-refractivity contribution in [2.24, 2.45) is 0 Å². The van der Waals surface area contributed by atoms with E-state index in [4.69, 9.17) is 14.2 Å². The van der Waals surface area contributed by atoms with E-state index in [1.54, 1.807) is 12.1 Å². The maximum atomic E-state index is 11.9. The summed E-state index contributed by atoms with van der Waals surface area (Å²) >= 11 is 0. The number of hydrogen-bond acceptors (Lipinski definition) is 6. The lowest BCUT2D eigenvalue weighted by atomic mass is 10.0. The van der Waals surface area contributed by atoms with Gasteiger partial charge in [0.1, 0.15) is 5.76 Å². The van der Waals surface area contributed by atoms with Crippen LogP contribution in [-0.2, 0) is 4.74 Å². The van der Waals surface area contributed by atoms with Gasteiger partial charge in [-0.05, 0) is 56.2 Å². The lowest BCUT2D eigenvalue weighted by Crippen LogP contribution is -2.10. The van der Waals surface area contributed by atoms with Crippen LogP contribution in [0.25, 0.3) is 33.3 Å². The number of fused-ring (bicyclic) bond motifs is 1. The molecule has 1 aromatic carbocycles. The molecule has 0 aliphatic rings. The second-order valence-electron chi connectivity index (χ2n) is 8.49. The Balaban J connectivity index is 1.72. The van der Waals surface area contributed by atoms with Crippen molar-refractivity contribution in [1.29, 1.82) is 0 Å². The summed E-state index contributed by atoms with van der Waals surface area (Å²) in [6.07, 6.45) is 6.68. The molecule has 0 N–H and O–H groups in total. The van der Waals surface area contributed by atoms with Crippen LogP contribution in [0.3, 0.4) is 0 Å². The van der Waals surface area contributed by atoms with Gasteiger partial charge in [-0.2, -0.15) is 0 Å². The van der Waals surface area contributed by atoms with Gasteiger partial charge in [0.05, 0.1) is 41.1 Å². The van der Waals surface area contributed by atoms with Crippen LogP contribution < -0.4 is 0 Å². The summed E-state index contributed by atoms with van der Waals surface area (Å²) in [6.45, 7) is 6.00. The fourth-order valence-electron chi connectivity index (χ4n) is 4.65. The van der Waals surface area contributed by atoms with Gasteiger partial charge in [0.15, 0.2) is 0 Å². The second-order valence-corrected chi connectivity index (χ2v) is 8.49. The molecule has 0 saturated carbocycles. The average molecular weight is 467 g/mol. The molecule has 7 nitrogen and oxygen atoms in total. The SMILES string of the molecule is CC[C@H](c1ccccn1)n1cc(-c2ccc(C(=O)OC)cc2)c2ncc(-c3c(C)noc3C)cc21. The molecule has 0 spiro atoms. The van der Waals surface area contributed by atoms with E-state index >= 15 is 0 Å². The van der Waals surface area contributed by atoms with Crippen molar-refractivity contribution < 1.29 is 14.1 Å². The molecule has 1 atom stereocenters. The topological polar surface area (TPSA) is 83.0 Å². The molecule has 0 unspecified atom stereocenters. The largest absolute Gasteiger partial charge is 0.465 e. The first-order valence-electron chi connectivity index (χ1n) is 11.5. The average Bonchev–Trinajstić information content (AvgIpc) is 3.44. The molecule has 7 heteroatoms. The fourth-order valence-corrected chi connectivity index (χ4v) is 4.65. The summed E-state index contributed by atoms with van der Waals surface area (Å²) < 4.78 is 12.5. The minimum Gasteiger partial charge on any atom is -0.465 e. The molecule has 0 saturated heterocycles. The van der Waals surface area contributed by atoms with Crippen LogP contribution in [-0.4, -0.2) is 32.8 Å². The number of rotatable bonds is 6. The number of esters is 1. The third kappa shape index (κ3) is 3.99. The van der Waals surface area contributed by atoms with E-state index < -0.39 is 0 Å². The van der Waals surface area contributed by atoms with Gasteiger partial charge in [-0.15, -0.1) is 0 Å². The number of benzene rings is 1. The van der Waals surface area contributed by atoms with Gasteiger partial charge in [0.2, 0.25) is 0 Å². The van der Waals surface area contributed by atoms with Crippen LogP contribution in [0.15, 0.2) is 71.6 Å². The quantitative estimate of drug-likeness (QED) is 0.279. The minimum atomic E-state index is -0.359. The Bertz CT molecular complexity index is 1480. The van der Waals surface area contributed by atoms with Crippen LogP contribution in [0.4, 0.5) is 0 Å². The van der Waals surface area contributed by atoms with E-state index in [1.165, 1.54) is 7.11 Å². The van der Waals surface area contributed by atoms with Crippen LogP contribution in [0.5, 0.6) is 0 Å². The number of hydrogen-bond donors (Lipinski definition) is 0. The van der Waals surface area contributed by atoms with Gasteiger partial charge in [-0.3, -0.25) is 9.97 Å². The molecule has 0 amide bonds. The summed E-state index contributed by atoms with van der Waals surface area (Å²) in [7, 11) is 1.38. The Labute approximate surface area is 203 Å². The lowest BCUT2D eigenvalue weighted by Gasteiger charge is -2.18. The molecule has 5 aromatic rings. The molecular weight excluding hydrogens is 440 g/mol. The molecule has 176 valence electrons. The van der Waals surface area contributed by atoms with Crippen molar-refractivity contribution in [1.82, 2.24) is 19.7 Å². The van der Waals surface area contributed by atoms with Crippen molar-refractivity contribution in [3.05, 3.63) is 89.8 Å². The lowest BCUT2D eigenvalue weighted by molar-refractivity contribution is 0.0600. The van der Waals surface area contributed by atoms with Gasteiger partial charge in [0, 0.05) is 35.3 Å².